The number of hydrogen-bond acceptors (Lipinski definition) is 4. The van der Waals surface area contributed by atoms with Gasteiger partial charge in [0.1, 0.15) is 0 Å². The van der Waals surface area contributed by atoms with Crippen molar-refractivity contribution in [1.82, 2.24) is 14.5 Å². The minimum absolute atomic E-state index is 0.110. The number of sulfonamides is 1. The van der Waals surface area contributed by atoms with E-state index in [4.69, 9.17) is 0 Å². The van der Waals surface area contributed by atoms with Gasteiger partial charge in [-0.05, 0) is 41.7 Å². The van der Waals surface area contributed by atoms with E-state index in [9.17, 15) is 22.0 Å². The van der Waals surface area contributed by atoms with Crippen LogP contribution >= 0.6 is 0 Å². The molecule has 1 aliphatic heterocycles. The van der Waals surface area contributed by atoms with Gasteiger partial charge < -0.3 is 5.32 Å². The number of benzene rings is 2. The fourth-order valence-corrected chi connectivity index (χ4v) is 5.02. The van der Waals surface area contributed by atoms with Crippen molar-refractivity contribution >= 4 is 15.9 Å². The van der Waals surface area contributed by atoms with Crippen LogP contribution in [0.25, 0.3) is 0 Å². The van der Waals surface area contributed by atoms with Gasteiger partial charge in [0.2, 0.25) is 15.9 Å². The number of nitrogens with one attached hydrogen (secondary N) is 1. The van der Waals surface area contributed by atoms with Crippen LogP contribution < -0.4 is 5.32 Å². The van der Waals surface area contributed by atoms with Crippen molar-refractivity contribution in [2.24, 2.45) is 0 Å². The third-order valence-corrected chi connectivity index (χ3v) is 7.50. The summed E-state index contributed by atoms with van der Waals surface area (Å²) in [7, 11) is -3.91. The van der Waals surface area contributed by atoms with Crippen molar-refractivity contribution in [3.8, 4) is 0 Å². The Bertz CT molecular complexity index is 1030. The second kappa shape index (κ2) is 10.5. The average molecular weight is 466 g/mol. The summed E-state index contributed by atoms with van der Waals surface area (Å²) in [4.78, 5) is 13.9. The number of carbonyl (C=O) groups is 1. The lowest BCUT2D eigenvalue weighted by atomic mass is 10.0. The standard InChI is InChI=1S/C23H29F2N3O3S/c1-17(2)19-5-3-18(4-6-19)9-10-26-23(29)16-27-11-13-28(14-12-27)32(30,31)20-7-8-21(24)22(25)15-20/h3-8,15,17H,9-14,16H2,1-2H3,(H,26,29). The Morgan fingerprint density at radius 1 is 1.00 bits per heavy atom. The highest BCUT2D eigenvalue weighted by atomic mass is 32.2. The van der Waals surface area contributed by atoms with Crippen LogP contribution in [0.2, 0.25) is 0 Å². The molecular weight excluding hydrogens is 436 g/mol. The van der Waals surface area contributed by atoms with Crippen molar-refractivity contribution in [3.05, 3.63) is 65.2 Å². The maximum atomic E-state index is 13.4. The van der Waals surface area contributed by atoms with Crippen molar-refractivity contribution in [2.75, 3.05) is 39.3 Å². The third kappa shape index (κ3) is 6.11. The second-order valence-electron chi connectivity index (χ2n) is 8.25. The van der Waals surface area contributed by atoms with E-state index >= 15 is 0 Å². The van der Waals surface area contributed by atoms with Crippen LogP contribution in [-0.4, -0.2) is 62.8 Å². The first kappa shape index (κ1) is 24.3. The number of hydrogen-bond donors (Lipinski definition) is 1. The summed E-state index contributed by atoms with van der Waals surface area (Å²) in [6, 6.07) is 10.9. The molecule has 0 spiro atoms. The van der Waals surface area contributed by atoms with E-state index < -0.39 is 21.7 Å². The zero-order valence-electron chi connectivity index (χ0n) is 18.4. The molecule has 0 unspecified atom stereocenters. The van der Waals surface area contributed by atoms with E-state index in [0.29, 0.717) is 31.6 Å². The van der Waals surface area contributed by atoms with E-state index in [-0.39, 0.29) is 30.4 Å². The maximum Gasteiger partial charge on any atom is 0.243 e. The molecule has 1 aliphatic rings. The number of halogens is 2. The molecule has 0 aromatic heterocycles. The minimum atomic E-state index is -3.91. The molecule has 2 aromatic rings. The lowest BCUT2D eigenvalue weighted by Gasteiger charge is -2.33. The van der Waals surface area contributed by atoms with Gasteiger partial charge in [-0.3, -0.25) is 9.69 Å². The van der Waals surface area contributed by atoms with Crippen molar-refractivity contribution < 1.29 is 22.0 Å². The Hall–Kier alpha value is -2.36. The number of nitrogens with zero attached hydrogens (tertiary/aromatic N) is 2. The Kier molecular flexibility index (Phi) is 7.97. The summed E-state index contributed by atoms with van der Waals surface area (Å²) in [5.74, 6) is -1.92. The Balaban J connectivity index is 1.43. The van der Waals surface area contributed by atoms with Gasteiger partial charge in [0.15, 0.2) is 11.6 Å². The molecule has 9 heteroatoms. The first-order chi connectivity index (χ1) is 15.2. The Labute approximate surface area is 188 Å². The van der Waals surface area contributed by atoms with Gasteiger partial charge >= 0.3 is 0 Å². The molecule has 0 radical (unpaired) electrons. The molecule has 1 fully saturated rings. The van der Waals surface area contributed by atoms with Crippen LogP contribution in [0.1, 0.15) is 30.9 Å². The SMILES string of the molecule is CC(C)c1ccc(CCNC(=O)CN2CCN(S(=O)(=O)c3ccc(F)c(F)c3)CC2)cc1. The van der Waals surface area contributed by atoms with Gasteiger partial charge in [-0.15, -0.1) is 0 Å². The van der Waals surface area contributed by atoms with Gasteiger partial charge in [0.25, 0.3) is 0 Å². The van der Waals surface area contributed by atoms with Gasteiger partial charge in [-0.1, -0.05) is 38.1 Å². The smallest absolute Gasteiger partial charge is 0.243 e. The van der Waals surface area contributed by atoms with Crippen LogP contribution in [-0.2, 0) is 21.2 Å². The molecule has 174 valence electrons. The highest BCUT2D eigenvalue weighted by Crippen LogP contribution is 2.20. The molecular formula is C23H29F2N3O3S. The molecule has 0 aliphatic carbocycles. The zero-order chi connectivity index (χ0) is 23.3. The van der Waals surface area contributed by atoms with Gasteiger partial charge in [-0.25, -0.2) is 17.2 Å². The summed E-state index contributed by atoms with van der Waals surface area (Å²) in [6.45, 7) is 6.13. The summed E-state index contributed by atoms with van der Waals surface area (Å²) in [6.07, 6.45) is 0.740. The molecule has 1 heterocycles. The molecule has 0 atom stereocenters. The summed E-state index contributed by atoms with van der Waals surface area (Å²) in [5, 5.41) is 2.90. The predicted molar refractivity (Wildman–Crippen MR) is 119 cm³/mol. The van der Waals surface area contributed by atoms with Crippen LogP contribution in [0.5, 0.6) is 0 Å². The van der Waals surface area contributed by atoms with Gasteiger partial charge in [-0.2, -0.15) is 4.31 Å². The van der Waals surface area contributed by atoms with Crippen molar-refractivity contribution in [3.63, 3.8) is 0 Å². The highest BCUT2D eigenvalue weighted by Gasteiger charge is 2.29. The van der Waals surface area contributed by atoms with Crippen molar-refractivity contribution in [2.45, 2.75) is 31.1 Å². The molecule has 6 nitrogen and oxygen atoms in total. The molecule has 1 N–H and O–H groups in total. The lowest BCUT2D eigenvalue weighted by molar-refractivity contribution is -0.122. The van der Waals surface area contributed by atoms with Crippen LogP contribution in [0.15, 0.2) is 47.4 Å². The van der Waals surface area contributed by atoms with Crippen LogP contribution in [0, 0.1) is 11.6 Å². The summed E-state index contributed by atoms with van der Waals surface area (Å²) >= 11 is 0. The molecule has 1 amide bonds. The van der Waals surface area contributed by atoms with E-state index in [1.54, 1.807) is 0 Å². The molecule has 32 heavy (non-hydrogen) atoms. The molecule has 0 bridgehead atoms. The van der Waals surface area contributed by atoms with E-state index in [1.807, 2.05) is 4.90 Å². The average Bonchev–Trinajstić information content (AvgIpc) is 2.76. The quantitative estimate of drug-likeness (QED) is 0.651. The van der Waals surface area contributed by atoms with E-state index in [2.05, 4.69) is 43.4 Å². The van der Waals surface area contributed by atoms with E-state index in [0.717, 1.165) is 24.1 Å². The summed E-state index contributed by atoms with van der Waals surface area (Å²) < 4.78 is 53.1. The fourth-order valence-electron chi connectivity index (χ4n) is 3.59. The van der Waals surface area contributed by atoms with Crippen LogP contribution in [0.4, 0.5) is 8.78 Å². The highest BCUT2D eigenvalue weighted by molar-refractivity contribution is 7.89. The second-order valence-corrected chi connectivity index (χ2v) is 10.2. The molecule has 2 aromatic carbocycles. The van der Waals surface area contributed by atoms with Crippen LogP contribution in [0.3, 0.4) is 0 Å². The minimum Gasteiger partial charge on any atom is -0.355 e. The Morgan fingerprint density at radius 2 is 1.66 bits per heavy atom. The predicted octanol–water partition coefficient (Wildman–Crippen LogP) is 2.75. The number of amides is 1. The molecule has 1 saturated heterocycles. The molecule has 0 saturated carbocycles. The lowest BCUT2D eigenvalue weighted by Crippen LogP contribution is -2.51. The topological polar surface area (TPSA) is 69.7 Å². The summed E-state index contributed by atoms with van der Waals surface area (Å²) in [5.41, 5.74) is 2.44. The van der Waals surface area contributed by atoms with Gasteiger partial charge in [0.05, 0.1) is 11.4 Å². The van der Waals surface area contributed by atoms with E-state index in [1.165, 1.54) is 9.87 Å². The number of carbonyl (C=O) groups excluding carboxylic acids is 1. The maximum absolute atomic E-state index is 13.4. The number of rotatable bonds is 8. The third-order valence-electron chi connectivity index (χ3n) is 5.61. The normalized spacial score (nSPS) is 15.8. The Morgan fingerprint density at radius 3 is 2.25 bits per heavy atom. The zero-order valence-corrected chi connectivity index (χ0v) is 19.2. The number of piperazine rings is 1. The van der Waals surface area contributed by atoms with Crippen molar-refractivity contribution in [1.29, 1.82) is 0 Å². The van der Waals surface area contributed by atoms with Gasteiger partial charge in [0, 0.05) is 32.7 Å². The monoisotopic (exact) mass is 465 g/mol. The first-order valence-electron chi connectivity index (χ1n) is 10.7. The molecule has 3 rings (SSSR count). The fraction of sp³-hybridized carbons (Fsp3) is 0.435. The first-order valence-corrected chi connectivity index (χ1v) is 12.1. The largest absolute Gasteiger partial charge is 0.355 e.